The van der Waals surface area contributed by atoms with Crippen molar-refractivity contribution >= 4 is 33.1 Å². The van der Waals surface area contributed by atoms with Crippen molar-refractivity contribution in [2.45, 2.75) is 0 Å². The number of nitrogen functional groups attached to an aromatic ring is 1. The lowest BCUT2D eigenvalue weighted by molar-refractivity contribution is 0.0792. The lowest BCUT2D eigenvalue weighted by atomic mass is 10.3. The molecule has 2 heterocycles. The number of likely N-dealkylation sites (N-methyl/N-ethyl adjacent to an activating group) is 2. The molecule has 0 saturated heterocycles. The largest absolute Gasteiger partial charge is 0.396 e. The third-order valence-corrected chi connectivity index (χ3v) is 4.05. The number of nitrogens with two attached hydrogens (primary N) is 1. The molecular formula is C13H18N4OS. The molecule has 2 aromatic heterocycles. The number of pyridine rings is 1. The summed E-state index contributed by atoms with van der Waals surface area (Å²) in [6, 6.07) is 3.78. The fraction of sp³-hybridized carbons (Fsp3) is 0.385. The van der Waals surface area contributed by atoms with Crippen molar-refractivity contribution in [3.8, 4) is 0 Å². The van der Waals surface area contributed by atoms with Gasteiger partial charge in [-0.2, -0.15) is 0 Å². The molecule has 0 atom stereocenters. The van der Waals surface area contributed by atoms with E-state index in [1.165, 1.54) is 11.3 Å². The van der Waals surface area contributed by atoms with Crippen LogP contribution in [0, 0.1) is 0 Å². The first-order valence-electron chi connectivity index (χ1n) is 6.04. The Bertz CT molecular complexity index is 593. The first kappa shape index (κ1) is 13.8. The molecule has 0 aliphatic carbocycles. The maximum Gasteiger partial charge on any atom is 0.265 e. The molecule has 6 heteroatoms. The molecule has 0 saturated carbocycles. The van der Waals surface area contributed by atoms with Gasteiger partial charge in [0.2, 0.25) is 0 Å². The number of aromatic nitrogens is 1. The highest BCUT2D eigenvalue weighted by atomic mass is 32.1. The first-order chi connectivity index (χ1) is 9.00. The fourth-order valence-electron chi connectivity index (χ4n) is 1.73. The molecule has 19 heavy (non-hydrogen) atoms. The zero-order valence-corrected chi connectivity index (χ0v) is 12.2. The lowest BCUT2D eigenvalue weighted by Crippen LogP contribution is -2.33. The van der Waals surface area contributed by atoms with E-state index in [2.05, 4.69) is 4.98 Å². The smallest absolute Gasteiger partial charge is 0.265 e. The number of fused-ring (bicyclic) bond motifs is 1. The van der Waals surface area contributed by atoms with E-state index in [-0.39, 0.29) is 5.91 Å². The van der Waals surface area contributed by atoms with Gasteiger partial charge in [-0.25, -0.2) is 0 Å². The average molecular weight is 278 g/mol. The minimum atomic E-state index is -0.0395. The van der Waals surface area contributed by atoms with Crippen LogP contribution in [0.2, 0.25) is 0 Å². The molecule has 0 aliphatic heterocycles. The van der Waals surface area contributed by atoms with E-state index in [1.807, 2.05) is 31.1 Å². The molecule has 0 aromatic carbocycles. The summed E-state index contributed by atoms with van der Waals surface area (Å²) < 4.78 is 0.948. The Kier molecular flexibility index (Phi) is 4.01. The summed E-state index contributed by atoms with van der Waals surface area (Å²) >= 11 is 1.40. The number of hydrogen-bond donors (Lipinski definition) is 1. The minimum absolute atomic E-state index is 0.0395. The molecule has 0 spiro atoms. The van der Waals surface area contributed by atoms with Gasteiger partial charge in [0.25, 0.3) is 5.91 Å². The van der Waals surface area contributed by atoms with Gasteiger partial charge in [-0.15, -0.1) is 11.3 Å². The van der Waals surface area contributed by atoms with Gasteiger partial charge in [-0.3, -0.25) is 9.78 Å². The zero-order valence-electron chi connectivity index (χ0n) is 11.4. The summed E-state index contributed by atoms with van der Waals surface area (Å²) in [7, 11) is 5.76. The average Bonchev–Trinajstić information content (AvgIpc) is 2.73. The van der Waals surface area contributed by atoms with E-state index in [0.29, 0.717) is 17.1 Å². The Hall–Kier alpha value is -1.66. The number of hydrogen-bond acceptors (Lipinski definition) is 5. The Balaban J connectivity index is 2.24. The van der Waals surface area contributed by atoms with E-state index in [1.54, 1.807) is 18.1 Å². The van der Waals surface area contributed by atoms with E-state index in [0.717, 1.165) is 16.8 Å². The van der Waals surface area contributed by atoms with Crippen LogP contribution in [0.3, 0.4) is 0 Å². The molecule has 0 aliphatic rings. The summed E-state index contributed by atoms with van der Waals surface area (Å²) in [5.74, 6) is -0.0395. The van der Waals surface area contributed by atoms with E-state index < -0.39 is 0 Å². The predicted molar refractivity (Wildman–Crippen MR) is 79.5 cm³/mol. The number of carbonyl (C=O) groups is 1. The Morgan fingerprint density at radius 2 is 2.11 bits per heavy atom. The van der Waals surface area contributed by atoms with Crippen LogP contribution in [0.4, 0.5) is 5.69 Å². The molecule has 0 bridgehead atoms. The molecule has 2 rings (SSSR count). The molecule has 1 amide bonds. The number of nitrogens with zero attached hydrogens (tertiary/aromatic N) is 3. The highest BCUT2D eigenvalue weighted by Crippen LogP contribution is 2.32. The third-order valence-electron chi connectivity index (χ3n) is 2.91. The monoisotopic (exact) mass is 278 g/mol. The number of thiophene rings is 1. The third kappa shape index (κ3) is 2.85. The molecule has 0 fully saturated rings. The highest BCUT2D eigenvalue weighted by Gasteiger charge is 2.20. The van der Waals surface area contributed by atoms with Gasteiger partial charge in [0.1, 0.15) is 10.4 Å². The Morgan fingerprint density at radius 1 is 1.37 bits per heavy atom. The summed E-state index contributed by atoms with van der Waals surface area (Å²) in [4.78, 5) is 20.9. The minimum Gasteiger partial charge on any atom is -0.396 e. The number of anilines is 1. The normalized spacial score (nSPS) is 11.2. The Morgan fingerprint density at radius 3 is 2.74 bits per heavy atom. The second-order valence-electron chi connectivity index (χ2n) is 4.72. The second kappa shape index (κ2) is 5.54. The standard InChI is InChI=1S/C13H18N4OS/c1-16(2)7-8-17(3)13(18)12-10(14)11-9(19-12)5-4-6-15-11/h4-6H,7-8,14H2,1-3H3. The predicted octanol–water partition coefficient (Wildman–Crippen LogP) is 1.51. The molecule has 0 unspecified atom stereocenters. The van der Waals surface area contributed by atoms with Crippen LogP contribution in [-0.2, 0) is 0 Å². The van der Waals surface area contributed by atoms with Crippen LogP contribution in [0.15, 0.2) is 18.3 Å². The summed E-state index contributed by atoms with van der Waals surface area (Å²) in [5.41, 5.74) is 7.23. The molecule has 5 nitrogen and oxygen atoms in total. The molecule has 0 radical (unpaired) electrons. The van der Waals surface area contributed by atoms with Crippen molar-refractivity contribution in [1.82, 2.24) is 14.8 Å². The van der Waals surface area contributed by atoms with Crippen molar-refractivity contribution in [3.63, 3.8) is 0 Å². The molecule has 102 valence electrons. The van der Waals surface area contributed by atoms with Crippen LogP contribution in [-0.4, -0.2) is 54.9 Å². The summed E-state index contributed by atoms with van der Waals surface area (Å²) in [6.07, 6.45) is 1.69. The van der Waals surface area contributed by atoms with Gasteiger partial charge in [0.05, 0.1) is 10.4 Å². The van der Waals surface area contributed by atoms with Crippen molar-refractivity contribution in [1.29, 1.82) is 0 Å². The van der Waals surface area contributed by atoms with E-state index in [9.17, 15) is 4.79 Å². The maximum absolute atomic E-state index is 12.4. The number of amides is 1. The molecular weight excluding hydrogens is 260 g/mol. The van der Waals surface area contributed by atoms with Crippen LogP contribution in [0.5, 0.6) is 0 Å². The van der Waals surface area contributed by atoms with Crippen LogP contribution >= 0.6 is 11.3 Å². The summed E-state index contributed by atoms with van der Waals surface area (Å²) in [6.45, 7) is 1.50. The van der Waals surface area contributed by atoms with Crippen molar-refractivity contribution in [2.75, 3.05) is 40.0 Å². The topological polar surface area (TPSA) is 62.5 Å². The number of carbonyl (C=O) groups excluding carboxylic acids is 1. The quantitative estimate of drug-likeness (QED) is 0.921. The number of rotatable bonds is 4. The van der Waals surface area contributed by atoms with E-state index >= 15 is 0 Å². The first-order valence-corrected chi connectivity index (χ1v) is 6.85. The van der Waals surface area contributed by atoms with Gasteiger partial charge in [0.15, 0.2) is 0 Å². The van der Waals surface area contributed by atoms with Crippen LogP contribution in [0.1, 0.15) is 9.67 Å². The van der Waals surface area contributed by atoms with Gasteiger partial charge in [-0.05, 0) is 26.2 Å². The maximum atomic E-state index is 12.4. The Labute approximate surface area is 116 Å². The molecule has 2 N–H and O–H groups in total. The van der Waals surface area contributed by atoms with Crippen LogP contribution < -0.4 is 5.73 Å². The summed E-state index contributed by atoms with van der Waals surface area (Å²) in [5, 5.41) is 0. The van der Waals surface area contributed by atoms with Crippen molar-refractivity contribution in [3.05, 3.63) is 23.2 Å². The van der Waals surface area contributed by atoms with Gasteiger partial charge >= 0.3 is 0 Å². The highest BCUT2D eigenvalue weighted by molar-refractivity contribution is 7.21. The van der Waals surface area contributed by atoms with Gasteiger partial charge < -0.3 is 15.5 Å². The van der Waals surface area contributed by atoms with Gasteiger partial charge in [0, 0.05) is 26.3 Å². The van der Waals surface area contributed by atoms with Crippen molar-refractivity contribution < 1.29 is 4.79 Å². The van der Waals surface area contributed by atoms with E-state index in [4.69, 9.17) is 5.73 Å². The van der Waals surface area contributed by atoms with Crippen molar-refractivity contribution in [2.24, 2.45) is 0 Å². The van der Waals surface area contributed by atoms with Gasteiger partial charge in [-0.1, -0.05) is 0 Å². The zero-order chi connectivity index (χ0) is 14.0. The molecule has 2 aromatic rings. The second-order valence-corrected chi connectivity index (χ2v) is 5.78. The fourth-order valence-corrected chi connectivity index (χ4v) is 2.81. The SMILES string of the molecule is CN(C)CCN(C)C(=O)c1sc2cccnc2c1N. The van der Waals surface area contributed by atoms with Crippen LogP contribution in [0.25, 0.3) is 10.2 Å². The lowest BCUT2D eigenvalue weighted by Gasteiger charge is -2.19.